The predicted molar refractivity (Wildman–Crippen MR) is 10.8 cm³/mol. The normalized spacial score (nSPS) is 4.80. The quantitative estimate of drug-likeness (QED) is 0.403. The van der Waals surface area contributed by atoms with E-state index < -0.39 is 12.3 Å². The molecule has 6 nitrogen and oxygen atoms in total. The molecule has 0 aliphatic heterocycles. The summed E-state index contributed by atoms with van der Waals surface area (Å²) in [4.78, 5) is 16.7. The molecular weight excluding hydrogens is 340 g/mol. The second-order valence-corrected chi connectivity index (χ2v) is 0.500. The largest absolute Gasteiger partial charge is 3.00 e. The van der Waals surface area contributed by atoms with Crippen LogP contribution in [0.2, 0.25) is 0 Å². The third-order valence-electron chi connectivity index (χ3n) is 0. The van der Waals surface area contributed by atoms with E-state index in [1.807, 2.05) is 0 Å². The van der Waals surface area contributed by atoms with Crippen LogP contribution in [0.3, 0.4) is 0 Å². The number of rotatable bonds is 0. The predicted octanol–water partition coefficient (Wildman–Crippen LogP) is -7.89. The van der Waals surface area contributed by atoms with E-state index in [2.05, 4.69) is 0 Å². The van der Waals surface area contributed by atoms with Crippen LogP contribution in [0.1, 0.15) is 0 Å². The van der Waals surface area contributed by atoms with E-state index in [1.54, 1.807) is 0 Å². The van der Waals surface area contributed by atoms with Gasteiger partial charge in [-0.25, -0.2) is 0 Å². The Kier molecular flexibility index (Phi) is 36.2. The molecule has 0 rings (SSSR count). The second-order valence-electron chi connectivity index (χ2n) is 0.500. The number of hydrogen-bond acceptors (Lipinski definition) is 6. The molecule has 0 aromatic carbocycles. The Morgan fingerprint density at radius 1 is 0.800 bits per heavy atom. The standard InChI is InChI=1S/2CH2O3.Au.Na/c2*2-1(3)4;;/h2*(H2,2,3,4);;/q;;+3;+1/p-4. The van der Waals surface area contributed by atoms with E-state index in [9.17, 15) is 0 Å². The number of carboxylic acid groups (broad SMARTS) is 4. The molecule has 0 bridgehead atoms. The number of carbonyl (C=O) groups excluding carboxylic acids is 2. The van der Waals surface area contributed by atoms with Gasteiger partial charge in [0.1, 0.15) is 0 Å². The summed E-state index contributed by atoms with van der Waals surface area (Å²) < 4.78 is 0. The van der Waals surface area contributed by atoms with Crippen molar-refractivity contribution >= 4 is 12.3 Å². The maximum Gasteiger partial charge on any atom is 3.00 e. The zero-order chi connectivity index (χ0) is 7.15. The third-order valence-corrected chi connectivity index (χ3v) is 0. The fraction of sp³-hybridized carbons (Fsp3) is 0. The van der Waals surface area contributed by atoms with Crippen molar-refractivity contribution in [2.45, 2.75) is 0 Å². The Bertz CT molecular complexity index is 73.7. The first-order valence-electron chi connectivity index (χ1n) is 1.22. The van der Waals surface area contributed by atoms with Gasteiger partial charge in [0.15, 0.2) is 0 Å². The molecule has 0 saturated carbocycles. The van der Waals surface area contributed by atoms with Gasteiger partial charge in [0.05, 0.1) is 0 Å². The Morgan fingerprint density at radius 3 is 0.800 bits per heavy atom. The number of carbonyl (C=O) groups is 2. The van der Waals surface area contributed by atoms with Crippen LogP contribution in [-0.4, -0.2) is 12.3 Å². The van der Waals surface area contributed by atoms with Crippen LogP contribution >= 0.6 is 0 Å². The minimum absolute atomic E-state index is 0. The Hall–Kier alpha value is 0.280. The summed E-state index contributed by atoms with van der Waals surface area (Å²) in [6, 6.07) is 0. The van der Waals surface area contributed by atoms with Crippen LogP contribution in [0.15, 0.2) is 0 Å². The van der Waals surface area contributed by atoms with Crippen molar-refractivity contribution in [1.82, 2.24) is 0 Å². The topological polar surface area (TPSA) is 126 Å². The summed E-state index contributed by atoms with van der Waals surface area (Å²) >= 11 is 0. The summed E-state index contributed by atoms with van der Waals surface area (Å²) in [5.41, 5.74) is 0. The molecule has 0 radical (unpaired) electrons. The van der Waals surface area contributed by atoms with Crippen LogP contribution in [-0.2, 0) is 22.4 Å². The molecule has 0 saturated heterocycles. The van der Waals surface area contributed by atoms with Crippen molar-refractivity contribution in [2.24, 2.45) is 0 Å². The molecule has 56 valence electrons. The van der Waals surface area contributed by atoms with Crippen LogP contribution in [0.4, 0.5) is 9.59 Å². The van der Waals surface area contributed by atoms with Gasteiger partial charge in [0, 0.05) is 0 Å². The van der Waals surface area contributed by atoms with Gasteiger partial charge >= 0.3 is 51.9 Å². The molecule has 0 N–H and O–H groups in total. The first-order valence-corrected chi connectivity index (χ1v) is 1.22. The van der Waals surface area contributed by atoms with Gasteiger partial charge in [-0.05, 0) is 12.3 Å². The molecule has 0 aromatic rings. The maximum absolute atomic E-state index is 8.33. The van der Waals surface area contributed by atoms with Gasteiger partial charge in [-0.1, -0.05) is 0 Å². The van der Waals surface area contributed by atoms with Gasteiger partial charge in [-0.2, -0.15) is 0 Å². The van der Waals surface area contributed by atoms with Gasteiger partial charge < -0.3 is 30.0 Å². The molecule has 0 heterocycles. The van der Waals surface area contributed by atoms with E-state index in [1.165, 1.54) is 0 Å². The zero-order valence-electron chi connectivity index (χ0n) is 4.75. The van der Waals surface area contributed by atoms with Gasteiger partial charge in [0.2, 0.25) is 0 Å². The Balaban J connectivity index is -0.0000000300. The van der Waals surface area contributed by atoms with Crippen molar-refractivity contribution in [1.29, 1.82) is 0 Å². The summed E-state index contributed by atoms with van der Waals surface area (Å²) in [5, 5.41) is 33.3. The first-order chi connectivity index (χ1) is 3.46. The second kappa shape index (κ2) is 16.1. The first kappa shape index (κ1) is 22.4. The van der Waals surface area contributed by atoms with Gasteiger partial charge in [-0.3, -0.25) is 0 Å². The van der Waals surface area contributed by atoms with Crippen LogP contribution < -0.4 is 50.0 Å². The van der Waals surface area contributed by atoms with E-state index >= 15 is 0 Å². The summed E-state index contributed by atoms with van der Waals surface area (Å²) in [6.07, 6.45) is -4.67. The summed E-state index contributed by atoms with van der Waals surface area (Å²) in [7, 11) is 0. The van der Waals surface area contributed by atoms with E-state index in [4.69, 9.17) is 30.0 Å². The smallest absolute Gasteiger partial charge is 0.652 e. The van der Waals surface area contributed by atoms with E-state index in [-0.39, 0.29) is 51.9 Å². The molecule has 0 aromatic heterocycles. The Morgan fingerprint density at radius 2 is 0.800 bits per heavy atom. The van der Waals surface area contributed by atoms with E-state index in [0.717, 1.165) is 0 Å². The van der Waals surface area contributed by atoms with Crippen molar-refractivity contribution in [3.05, 3.63) is 0 Å². The Labute approximate surface area is 93.7 Å². The molecule has 0 aliphatic carbocycles. The van der Waals surface area contributed by atoms with Crippen molar-refractivity contribution in [2.75, 3.05) is 0 Å². The average molecular weight is 340 g/mol. The average Bonchev–Trinajstić information content (AvgIpc) is 1.25. The fourth-order valence-corrected chi connectivity index (χ4v) is 0. The third kappa shape index (κ3) is 5590. The molecule has 0 amide bonds. The zero-order valence-corrected chi connectivity index (χ0v) is 8.92. The van der Waals surface area contributed by atoms with Crippen molar-refractivity contribution in [3.8, 4) is 0 Å². The summed E-state index contributed by atoms with van der Waals surface area (Å²) in [5.74, 6) is 0. The SMILES string of the molecule is O=C([O-])[O-].O=C([O-])[O-].[Au+3].[Na+]. The van der Waals surface area contributed by atoms with E-state index in [0.29, 0.717) is 0 Å². The van der Waals surface area contributed by atoms with Crippen molar-refractivity contribution < 1.29 is 82.0 Å². The maximum atomic E-state index is 8.33. The van der Waals surface area contributed by atoms with Gasteiger partial charge in [-0.15, -0.1) is 0 Å². The van der Waals surface area contributed by atoms with Crippen LogP contribution in [0.5, 0.6) is 0 Å². The monoisotopic (exact) mass is 340 g/mol. The molecular formula is C2AuNaO6. The molecule has 8 heteroatoms. The minimum atomic E-state index is -2.33. The summed E-state index contributed by atoms with van der Waals surface area (Å²) in [6.45, 7) is 0. The molecule has 0 atom stereocenters. The number of hydrogen-bond donors (Lipinski definition) is 0. The van der Waals surface area contributed by atoms with Crippen LogP contribution in [0, 0.1) is 0 Å². The molecule has 0 unspecified atom stereocenters. The molecule has 0 fully saturated rings. The van der Waals surface area contributed by atoms with Crippen molar-refractivity contribution in [3.63, 3.8) is 0 Å². The molecule has 10 heavy (non-hydrogen) atoms. The molecule has 0 aliphatic rings. The molecule has 0 spiro atoms. The van der Waals surface area contributed by atoms with Gasteiger partial charge in [0.25, 0.3) is 0 Å². The minimum Gasteiger partial charge on any atom is -0.652 e. The van der Waals surface area contributed by atoms with Crippen LogP contribution in [0.25, 0.3) is 0 Å². The fourth-order valence-electron chi connectivity index (χ4n) is 0.